The van der Waals surface area contributed by atoms with Gasteiger partial charge in [0.25, 0.3) is 0 Å². The minimum atomic E-state index is 0.118. The number of hydrogen-bond acceptors (Lipinski definition) is 2. The summed E-state index contributed by atoms with van der Waals surface area (Å²) in [5, 5.41) is 8.81. The summed E-state index contributed by atoms with van der Waals surface area (Å²) in [4.78, 5) is 3.63. The predicted octanol–water partition coefficient (Wildman–Crippen LogP) is 1.89. The molecule has 0 aromatic carbocycles. The summed E-state index contributed by atoms with van der Waals surface area (Å²) in [5.41, 5.74) is 0.836. The second-order valence-corrected chi connectivity index (χ2v) is 1.71. The second-order valence-electron chi connectivity index (χ2n) is 1.71. The molecule has 0 aliphatic carbocycles. The van der Waals surface area contributed by atoms with Crippen LogP contribution < -0.4 is 0 Å². The minimum absolute atomic E-state index is 0.118. The number of hydrogen-bond donors (Lipinski definition) is 1. The fourth-order valence-corrected chi connectivity index (χ4v) is 0.251. The number of nitrogens with zero attached hydrogens (tertiary/aromatic N) is 1. The van der Waals surface area contributed by atoms with E-state index in [9.17, 15) is 0 Å². The van der Waals surface area contributed by atoms with Gasteiger partial charge in [0.15, 0.2) is 0 Å². The average Bonchev–Trinajstić information content (AvgIpc) is 1.67. The van der Waals surface area contributed by atoms with Gasteiger partial charge in [-0.3, -0.25) is 0 Å². The highest BCUT2D eigenvalue weighted by Gasteiger charge is 1.85. The van der Waals surface area contributed by atoms with E-state index in [4.69, 9.17) is 5.11 Å². The van der Waals surface area contributed by atoms with Gasteiger partial charge in [-0.2, -0.15) is 0 Å². The lowest BCUT2D eigenvalue weighted by atomic mass is 10.4. The molecular weight excluding hydrogens is 102 g/mol. The SMILES string of the molecule is C/C=N\C(O)=C(C)C. The van der Waals surface area contributed by atoms with E-state index in [1.807, 2.05) is 13.8 Å². The van der Waals surface area contributed by atoms with Gasteiger partial charge in [0.1, 0.15) is 0 Å². The first-order valence-electron chi connectivity index (χ1n) is 2.53. The number of aliphatic imine (C=N–C) groups is 1. The van der Waals surface area contributed by atoms with Gasteiger partial charge in [0.05, 0.1) is 0 Å². The molecule has 0 heterocycles. The molecule has 0 spiro atoms. The van der Waals surface area contributed by atoms with Crippen molar-refractivity contribution >= 4 is 6.21 Å². The molecular formula is C6H11NO. The number of aliphatic hydroxyl groups is 1. The standard InChI is InChI=1S/C6H11NO/c1-4-7-6(8)5(2)3/h4,8H,1-3H3/b7-4-. The van der Waals surface area contributed by atoms with Crippen LogP contribution in [0, 0.1) is 0 Å². The Morgan fingerprint density at radius 3 is 2.12 bits per heavy atom. The molecule has 0 saturated carbocycles. The van der Waals surface area contributed by atoms with Crippen molar-refractivity contribution in [2.75, 3.05) is 0 Å². The molecule has 0 atom stereocenters. The van der Waals surface area contributed by atoms with Crippen LogP contribution in [0.3, 0.4) is 0 Å². The van der Waals surface area contributed by atoms with E-state index in [0.29, 0.717) is 0 Å². The van der Waals surface area contributed by atoms with E-state index in [1.54, 1.807) is 13.1 Å². The van der Waals surface area contributed by atoms with Crippen LogP contribution in [0.2, 0.25) is 0 Å². The van der Waals surface area contributed by atoms with E-state index < -0.39 is 0 Å². The van der Waals surface area contributed by atoms with Gasteiger partial charge in [0, 0.05) is 6.21 Å². The molecule has 0 aromatic heterocycles. The summed E-state index contributed by atoms with van der Waals surface area (Å²) in [6.07, 6.45) is 1.56. The predicted molar refractivity (Wildman–Crippen MR) is 35.2 cm³/mol. The third-order valence-electron chi connectivity index (χ3n) is 0.699. The summed E-state index contributed by atoms with van der Waals surface area (Å²) >= 11 is 0. The number of allylic oxidation sites excluding steroid dienone is 1. The van der Waals surface area contributed by atoms with Crippen molar-refractivity contribution in [2.24, 2.45) is 4.99 Å². The van der Waals surface area contributed by atoms with Crippen LogP contribution in [0.25, 0.3) is 0 Å². The fraction of sp³-hybridized carbons (Fsp3) is 0.500. The molecule has 1 N–H and O–H groups in total. The van der Waals surface area contributed by atoms with Crippen LogP contribution in [0.4, 0.5) is 0 Å². The van der Waals surface area contributed by atoms with Gasteiger partial charge in [-0.25, -0.2) is 4.99 Å². The molecule has 46 valence electrons. The monoisotopic (exact) mass is 113 g/mol. The van der Waals surface area contributed by atoms with Crippen molar-refractivity contribution in [3.05, 3.63) is 11.5 Å². The molecule has 0 bridgehead atoms. The van der Waals surface area contributed by atoms with Crippen molar-refractivity contribution in [1.29, 1.82) is 0 Å². The van der Waals surface area contributed by atoms with E-state index in [-0.39, 0.29) is 5.88 Å². The molecule has 0 radical (unpaired) electrons. The Morgan fingerprint density at radius 1 is 1.50 bits per heavy atom. The van der Waals surface area contributed by atoms with Gasteiger partial charge in [-0.05, 0) is 26.3 Å². The van der Waals surface area contributed by atoms with Crippen LogP contribution in [0.1, 0.15) is 20.8 Å². The highest BCUT2D eigenvalue weighted by atomic mass is 16.3. The van der Waals surface area contributed by atoms with Crippen LogP contribution in [0.5, 0.6) is 0 Å². The lowest BCUT2D eigenvalue weighted by molar-refractivity contribution is 0.400. The minimum Gasteiger partial charge on any atom is -0.493 e. The van der Waals surface area contributed by atoms with Crippen molar-refractivity contribution in [3.63, 3.8) is 0 Å². The molecule has 2 heteroatoms. The molecule has 0 aliphatic rings. The van der Waals surface area contributed by atoms with Crippen molar-refractivity contribution in [3.8, 4) is 0 Å². The summed E-state index contributed by atoms with van der Waals surface area (Å²) in [5.74, 6) is 0.118. The Labute approximate surface area is 49.6 Å². The molecule has 2 nitrogen and oxygen atoms in total. The lowest BCUT2D eigenvalue weighted by Gasteiger charge is -1.89. The normalized spacial score (nSPS) is 9.88. The molecule has 0 saturated heterocycles. The first-order valence-corrected chi connectivity index (χ1v) is 2.53. The van der Waals surface area contributed by atoms with Gasteiger partial charge in [-0.15, -0.1) is 0 Å². The Hall–Kier alpha value is -0.790. The van der Waals surface area contributed by atoms with Crippen LogP contribution >= 0.6 is 0 Å². The second kappa shape index (κ2) is 3.24. The quantitative estimate of drug-likeness (QED) is 0.408. The van der Waals surface area contributed by atoms with E-state index in [0.717, 1.165) is 5.57 Å². The molecule has 8 heavy (non-hydrogen) atoms. The largest absolute Gasteiger partial charge is 0.493 e. The molecule has 0 rings (SSSR count). The maximum atomic E-state index is 8.81. The van der Waals surface area contributed by atoms with Gasteiger partial charge < -0.3 is 5.11 Å². The lowest BCUT2D eigenvalue weighted by Crippen LogP contribution is -1.77. The third-order valence-corrected chi connectivity index (χ3v) is 0.699. The zero-order valence-electron chi connectivity index (χ0n) is 5.47. The fourth-order valence-electron chi connectivity index (χ4n) is 0.251. The van der Waals surface area contributed by atoms with E-state index in [1.165, 1.54) is 0 Å². The van der Waals surface area contributed by atoms with Crippen molar-refractivity contribution < 1.29 is 5.11 Å². The van der Waals surface area contributed by atoms with Crippen molar-refractivity contribution in [2.45, 2.75) is 20.8 Å². The number of aliphatic hydroxyl groups excluding tert-OH is 1. The average molecular weight is 113 g/mol. The zero-order valence-corrected chi connectivity index (χ0v) is 5.47. The molecule has 0 aromatic rings. The Bertz CT molecular complexity index is 120. The molecule has 0 aliphatic heterocycles. The van der Waals surface area contributed by atoms with Crippen LogP contribution in [-0.2, 0) is 0 Å². The van der Waals surface area contributed by atoms with Crippen LogP contribution in [-0.4, -0.2) is 11.3 Å². The Kier molecular flexibility index (Phi) is 2.92. The summed E-state index contributed by atoms with van der Waals surface area (Å²) in [6, 6.07) is 0. The maximum Gasteiger partial charge on any atom is 0.208 e. The van der Waals surface area contributed by atoms with E-state index >= 15 is 0 Å². The Morgan fingerprint density at radius 2 is 2.00 bits per heavy atom. The van der Waals surface area contributed by atoms with Crippen molar-refractivity contribution in [1.82, 2.24) is 0 Å². The first kappa shape index (κ1) is 7.21. The van der Waals surface area contributed by atoms with Crippen LogP contribution in [0.15, 0.2) is 16.4 Å². The maximum absolute atomic E-state index is 8.81. The topological polar surface area (TPSA) is 32.6 Å². The molecule has 0 fully saturated rings. The summed E-state index contributed by atoms with van der Waals surface area (Å²) in [6.45, 7) is 5.38. The zero-order chi connectivity index (χ0) is 6.57. The molecule has 0 unspecified atom stereocenters. The summed E-state index contributed by atoms with van der Waals surface area (Å²) in [7, 11) is 0. The molecule has 0 amide bonds. The first-order chi connectivity index (χ1) is 3.68. The van der Waals surface area contributed by atoms with Gasteiger partial charge in [0.2, 0.25) is 5.88 Å². The highest BCUT2D eigenvalue weighted by molar-refractivity contribution is 5.54. The summed E-state index contributed by atoms with van der Waals surface area (Å²) < 4.78 is 0. The van der Waals surface area contributed by atoms with Gasteiger partial charge in [-0.1, -0.05) is 0 Å². The highest BCUT2D eigenvalue weighted by Crippen LogP contribution is 1.97. The number of rotatable bonds is 1. The van der Waals surface area contributed by atoms with E-state index in [2.05, 4.69) is 4.99 Å². The van der Waals surface area contributed by atoms with Gasteiger partial charge >= 0.3 is 0 Å². The smallest absolute Gasteiger partial charge is 0.208 e. The Balaban J connectivity index is 4.00. The third kappa shape index (κ3) is 2.39.